The van der Waals surface area contributed by atoms with E-state index >= 15 is 0 Å². The zero-order valence-corrected chi connectivity index (χ0v) is 12.7. The lowest BCUT2D eigenvalue weighted by Crippen LogP contribution is -2.23. The molecule has 1 aromatic heterocycles. The first-order valence-corrected chi connectivity index (χ1v) is 7.05. The lowest BCUT2D eigenvalue weighted by molar-refractivity contribution is 0.622. The van der Waals surface area contributed by atoms with Crippen molar-refractivity contribution < 1.29 is 0 Å². The van der Waals surface area contributed by atoms with Gasteiger partial charge in [-0.2, -0.15) is 5.26 Å². The Morgan fingerprint density at radius 2 is 2.32 bits per heavy atom. The molecular formula is C15H19N7. The number of nitrogens with zero attached hydrogens (tertiary/aromatic N) is 5. The van der Waals surface area contributed by atoms with Crippen LogP contribution >= 0.6 is 0 Å². The number of benzene rings is 1. The van der Waals surface area contributed by atoms with Crippen molar-refractivity contribution in [3.05, 3.63) is 42.0 Å². The molecule has 0 saturated heterocycles. The largest absolute Gasteiger partial charge is 0.370 e. The third-order valence-corrected chi connectivity index (χ3v) is 3.07. The fourth-order valence-corrected chi connectivity index (χ4v) is 1.89. The highest BCUT2D eigenvalue weighted by Gasteiger charge is 2.01. The summed E-state index contributed by atoms with van der Waals surface area (Å²) in [5, 5.41) is 15.7. The molecule has 2 rings (SSSR count). The number of hydrogen-bond acceptors (Lipinski definition) is 4. The van der Waals surface area contributed by atoms with Crippen LogP contribution in [0.3, 0.4) is 0 Å². The molecule has 22 heavy (non-hydrogen) atoms. The summed E-state index contributed by atoms with van der Waals surface area (Å²) < 4.78 is 1.56. The van der Waals surface area contributed by atoms with Gasteiger partial charge in [0.1, 0.15) is 12.4 Å². The van der Waals surface area contributed by atoms with Gasteiger partial charge in [0.05, 0.1) is 13.1 Å². The molecule has 0 radical (unpaired) electrons. The van der Waals surface area contributed by atoms with Crippen LogP contribution < -0.4 is 11.1 Å². The minimum atomic E-state index is 0.153. The SMILES string of the molecule is CC(C)c1cccc(NC(N)=NCCn2cnc(C#N)n2)c1. The van der Waals surface area contributed by atoms with Crippen LogP contribution in [0.2, 0.25) is 0 Å². The van der Waals surface area contributed by atoms with Crippen molar-refractivity contribution in [1.29, 1.82) is 5.26 Å². The van der Waals surface area contributed by atoms with Crippen LogP contribution in [0.4, 0.5) is 5.69 Å². The van der Waals surface area contributed by atoms with E-state index < -0.39 is 0 Å². The molecule has 1 aromatic carbocycles. The van der Waals surface area contributed by atoms with E-state index in [0.717, 1.165) is 5.69 Å². The normalized spacial score (nSPS) is 11.5. The number of guanidine groups is 1. The van der Waals surface area contributed by atoms with Gasteiger partial charge in [-0.3, -0.25) is 4.99 Å². The smallest absolute Gasteiger partial charge is 0.252 e. The number of rotatable bonds is 5. The fraction of sp³-hybridized carbons (Fsp3) is 0.333. The Morgan fingerprint density at radius 1 is 1.50 bits per heavy atom. The van der Waals surface area contributed by atoms with Crippen molar-refractivity contribution >= 4 is 11.6 Å². The molecule has 7 heteroatoms. The molecule has 0 unspecified atom stereocenters. The second-order valence-corrected chi connectivity index (χ2v) is 5.12. The summed E-state index contributed by atoms with van der Waals surface area (Å²) in [7, 11) is 0. The first-order chi connectivity index (χ1) is 10.6. The number of aromatic nitrogens is 3. The zero-order valence-electron chi connectivity index (χ0n) is 12.7. The summed E-state index contributed by atoms with van der Waals surface area (Å²) in [5.74, 6) is 0.962. The van der Waals surface area contributed by atoms with Crippen LogP contribution in [0.15, 0.2) is 35.6 Å². The predicted octanol–water partition coefficient (Wildman–Crippen LogP) is 1.70. The number of nitrogens with two attached hydrogens (primary N) is 1. The summed E-state index contributed by atoms with van der Waals surface area (Å²) in [5.41, 5.74) is 8.03. The second-order valence-electron chi connectivity index (χ2n) is 5.12. The van der Waals surface area contributed by atoms with Crippen molar-refractivity contribution in [3.63, 3.8) is 0 Å². The minimum absolute atomic E-state index is 0.153. The lowest BCUT2D eigenvalue weighted by Gasteiger charge is -2.10. The van der Waals surface area contributed by atoms with Gasteiger partial charge in [0.2, 0.25) is 0 Å². The van der Waals surface area contributed by atoms with E-state index in [1.165, 1.54) is 11.9 Å². The highest BCUT2D eigenvalue weighted by atomic mass is 15.3. The number of anilines is 1. The zero-order chi connectivity index (χ0) is 15.9. The predicted molar refractivity (Wildman–Crippen MR) is 85.4 cm³/mol. The highest BCUT2D eigenvalue weighted by Crippen LogP contribution is 2.18. The van der Waals surface area contributed by atoms with Crippen LogP contribution in [0.1, 0.15) is 31.2 Å². The van der Waals surface area contributed by atoms with Crippen LogP contribution in [0.25, 0.3) is 0 Å². The van der Waals surface area contributed by atoms with Gasteiger partial charge >= 0.3 is 0 Å². The minimum Gasteiger partial charge on any atom is -0.370 e. The summed E-state index contributed by atoms with van der Waals surface area (Å²) >= 11 is 0. The van der Waals surface area contributed by atoms with E-state index in [4.69, 9.17) is 11.0 Å². The molecule has 2 aromatic rings. The quantitative estimate of drug-likeness (QED) is 0.645. The maximum Gasteiger partial charge on any atom is 0.252 e. The third-order valence-electron chi connectivity index (χ3n) is 3.07. The molecule has 114 valence electrons. The van der Waals surface area contributed by atoms with Crippen molar-refractivity contribution in [2.24, 2.45) is 10.7 Å². The average molecular weight is 297 g/mol. The van der Waals surface area contributed by atoms with Gasteiger partial charge < -0.3 is 11.1 Å². The van der Waals surface area contributed by atoms with Gasteiger partial charge in [-0.15, -0.1) is 5.10 Å². The molecule has 0 spiro atoms. The summed E-state index contributed by atoms with van der Waals surface area (Å²) in [6, 6.07) is 9.96. The number of hydrogen-bond donors (Lipinski definition) is 2. The molecule has 0 fully saturated rings. The van der Waals surface area contributed by atoms with Crippen molar-refractivity contribution in [2.45, 2.75) is 26.3 Å². The molecule has 0 saturated carbocycles. The van der Waals surface area contributed by atoms with Gasteiger partial charge in [0.15, 0.2) is 5.96 Å². The first-order valence-electron chi connectivity index (χ1n) is 7.05. The standard InChI is InChI=1S/C15H19N7/c1-11(2)12-4-3-5-13(8-12)20-15(17)18-6-7-22-10-19-14(9-16)21-22/h3-5,8,10-11H,6-7H2,1-2H3,(H3,17,18,20). The molecule has 0 bridgehead atoms. The van der Waals surface area contributed by atoms with Crippen LogP contribution in [-0.4, -0.2) is 27.3 Å². The van der Waals surface area contributed by atoms with E-state index in [1.54, 1.807) is 4.68 Å². The molecule has 0 aliphatic carbocycles. The maximum atomic E-state index is 8.64. The van der Waals surface area contributed by atoms with E-state index in [2.05, 4.69) is 46.4 Å². The maximum absolute atomic E-state index is 8.64. The van der Waals surface area contributed by atoms with E-state index in [9.17, 15) is 0 Å². The monoisotopic (exact) mass is 297 g/mol. The fourth-order valence-electron chi connectivity index (χ4n) is 1.89. The molecule has 7 nitrogen and oxygen atoms in total. The Morgan fingerprint density at radius 3 is 3.00 bits per heavy atom. The second kappa shape index (κ2) is 7.22. The molecule has 0 aliphatic heterocycles. The summed E-state index contributed by atoms with van der Waals surface area (Å²) in [6.45, 7) is 5.26. The molecule has 3 N–H and O–H groups in total. The number of aliphatic imine (C=N–C) groups is 1. The average Bonchev–Trinajstić information content (AvgIpc) is 2.95. The van der Waals surface area contributed by atoms with Crippen molar-refractivity contribution in [1.82, 2.24) is 14.8 Å². The first kappa shape index (κ1) is 15.5. The molecular weight excluding hydrogens is 278 g/mol. The third kappa shape index (κ3) is 4.31. The highest BCUT2D eigenvalue weighted by molar-refractivity contribution is 5.92. The lowest BCUT2D eigenvalue weighted by atomic mass is 10.0. The topological polar surface area (TPSA) is 105 Å². The van der Waals surface area contributed by atoms with E-state index in [1.807, 2.05) is 18.2 Å². The van der Waals surface area contributed by atoms with E-state index in [-0.39, 0.29) is 5.82 Å². The summed E-state index contributed by atoms with van der Waals surface area (Å²) in [6.07, 6.45) is 1.50. The number of nitriles is 1. The van der Waals surface area contributed by atoms with Gasteiger partial charge in [0, 0.05) is 5.69 Å². The van der Waals surface area contributed by atoms with Crippen molar-refractivity contribution in [2.75, 3.05) is 11.9 Å². The van der Waals surface area contributed by atoms with Crippen LogP contribution in [0.5, 0.6) is 0 Å². The van der Waals surface area contributed by atoms with Gasteiger partial charge in [0.25, 0.3) is 5.82 Å². The Balaban J connectivity index is 1.90. The molecule has 0 amide bonds. The van der Waals surface area contributed by atoms with Crippen molar-refractivity contribution in [3.8, 4) is 6.07 Å². The van der Waals surface area contributed by atoms with E-state index in [0.29, 0.717) is 25.0 Å². The van der Waals surface area contributed by atoms with Gasteiger partial charge in [-0.1, -0.05) is 26.0 Å². The number of nitrogens with one attached hydrogen (secondary N) is 1. The van der Waals surface area contributed by atoms with Crippen LogP contribution in [0, 0.1) is 11.3 Å². The molecule has 1 heterocycles. The summed E-state index contributed by atoms with van der Waals surface area (Å²) in [4.78, 5) is 8.06. The molecule has 0 atom stereocenters. The Bertz CT molecular complexity index is 694. The van der Waals surface area contributed by atoms with Crippen LogP contribution in [-0.2, 0) is 6.54 Å². The molecule has 0 aliphatic rings. The van der Waals surface area contributed by atoms with Gasteiger partial charge in [-0.05, 0) is 23.6 Å². The Labute approximate surface area is 129 Å². The Kier molecular flexibility index (Phi) is 5.09. The Hall–Kier alpha value is -2.88. The van der Waals surface area contributed by atoms with Gasteiger partial charge in [-0.25, -0.2) is 9.67 Å².